The number of pyridine rings is 1. The molecule has 1 aliphatic heterocycles. The van der Waals surface area contributed by atoms with Crippen LogP contribution in [0.4, 0.5) is 21.9 Å². The van der Waals surface area contributed by atoms with Crippen molar-refractivity contribution in [2.45, 2.75) is 13.5 Å². The Morgan fingerprint density at radius 1 is 0.946 bits per heavy atom. The number of nitrogens with one attached hydrogen (secondary N) is 3. The molecule has 1 aliphatic rings. The van der Waals surface area contributed by atoms with Gasteiger partial charge in [0.05, 0.1) is 6.20 Å². The first kappa shape index (κ1) is 24.3. The zero-order valence-electron chi connectivity index (χ0n) is 21.1. The largest absolute Gasteiger partial charge is 0.369 e. The van der Waals surface area contributed by atoms with Crippen LogP contribution in [-0.4, -0.2) is 59.4 Å². The fraction of sp³-hybridized carbons (Fsp3) is 0.250. The van der Waals surface area contributed by atoms with E-state index in [1.807, 2.05) is 78.2 Å². The van der Waals surface area contributed by atoms with Gasteiger partial charge < -0.3 is 25.8 Å². The van der Waals surface area contributed by atoms with Crippen molar-refractivity contribution in [1.82, 2.24) is 19.6 Å². The molecule has 2 aromatic heterocycles. The summed E-state index contributed by atoms with van der Waals surface area (Å²) in [6.45, 7) is 6.26. The van der Waals surface area contributed by atoms with Gasteiger partial charge in [0, 0.05) is 62.0 Å². The molecule has 0 unspecified atom stereocenters. The molecule has 3 heterocycles. The standard InChI is InChI=1S/C28H31N7O2/c1-20-8-9-21(18-30-28(37)31-22-6-4-3-5-7-22)16-24(20)32-27(36)25-19-29-26-17-23(10-11-35(25)26)34-14-12-33(2)13-15-34/h3-11,16-17,19H,12-15,18H2,1-2H3,(H,32,36)(H2,30,31,37). The van der Waals surface area contributed by atoms with Gasteiger partial charge in [-0.25, -0.2) is 9.78 Å². The lowest BCUT2D eigenvalue weighted by Gasteiger charge is -2.34. The fourth-order valence-corrected chi connectivity index (χ4v) is 4.38. The van der Waals surface area contributed by atoms with Crippen molar-refractivity contribution in [2.24, 2.45) is 0 Å². The van der Waals surface area contributed by atoms with E-state index in [1.54, 1.807) is 6.20 Å². The average Bonchev–Trinajstić information content (AvgIpc) is 3.34. The van der Waals surface area contributed by atoms with Crippen LogP contribution in [0.3, 0.4) is 0 Å². The Kier molecular flexibility index (Phi) is 7.04. The Balaban J connectivity index is 1.24. The Labute approximate surface area is 216 Å². The highest BCUT2D eigenvalue weighted by molar-refractivity contribution is 6.04. The van der Waals surface area contributed by atoms with Gasteiger partial charge in [-0.05, 0) is 49.4 Å². The first-order chi connectivity index (χ1) is 18.0. The molecule has 3 amide bonds. The van der Waals surface area contributed by atoms with Crippen LogP contribution in [-0.2, 0) is 6.54 Å². The number of piperazine rings is 1. The van der Waals surface area contributed by atoms with E-state index in [0.29, 0.717) is 17.9 Å². The van der Waals surface area contributed by atoms with E-state index in [1.165, 1.54) is 0 Å². The van der Waals surface area contributed by atoms with Crippen LogP contribution in [0.2, 0.25) is 0 Å². The number of carbonyl (C=O) groups excluding carboxylic acids is 2. The lowest BCUT2D eigenvalue weighted by atomic mass is 10.1. The zero-order chi connectivity index (χ0) is 25.8. The number of anilines is 3. The van der Waals surface area contributed by atoms with Crippen molar-refractivity contribution in [1.29, 1.82) is 0 Å². The van der Waals surface area contributed by atoms with Crippen molar-refractivity contribution < 1.29 is 9.59 Å². The molecule has 0 spiro atoms. The topological polar surface area (TPSA) is 94.0 Å². The summed E-state index contributed by atoms with van der Waals surface area (Å²) >= 11 is 0. The van der Waals surface area contributed by atoms with Gasteiger partial charge in [-0.3, -0.25) is 9.20 Å². The first-order valence-corrected chi connectivity index (χ1v) is 12.4. The van der Waals surface area contributed by atoms with Gasteiger partial charge in [-0.1, -0.05) is 30.3 Å². The van der Waals surface area contributed by atoms with Crippen LogP contribution < -0.4 is 20.9 Å². The molecule has 4 aromatic rings. The molecule has 0 aliphatic carbocycles. The summed E-state index contributed by atoms with van der Waals surface area (Å²) in [5.41, 5.74) is 5.53. The number of aryl methyl sites for hydroxylation is 1. The number of likely N-dealkylation sites (N-methyl/N-ethyl adjacent to an activating group) is 1. The van der Waals surface area contributed by atoms with Crippen LogP contribution in [0, 0.1) is 6.92 Å². The predicted molar refractivity (Wildman–Crippen MR) is 146 cm³/mol. The summed E-state index contributed by atoms with van der Waals surface area (Å²) in [5, 5.41) is 8.66. The van der Waals surface area contributed by atoms with E-state index in [0.717, 1.165) is 54.3 Å². The van der Waals surface area contributed by atoms with Gasteiger partial charge in [0.2, 0.25) is 0 Å². The van der Waals surface area contributed by atoms with Crippen molar-refractivity contribution in [3.05, 3.63) is 89.9 Å². The van der Waals surface area contributed by atoms with E-state index in [-0.39, 0.29) is 11.9 Å². The SMILES string of the molecule is Cc1ccc(CNC(=O)Nc2ccccc2)cc1NC(=O)c1cnc2cc(N3CCN(C)CC3)ccn12. The average molecular weight is 498 g/mol. The highest BCUT2D eigenvalue weighted by Crippen LogP contribution is 2.21. The number of hydrogen-bond donors (Lipinski definition) is 3. The number of rotatable bonds is 6. The number of amides is 3. The van der Waals surface area contributed by atoms with Gasteiger partial charge in [0.1, 0.15) is 11.3 Å². The van der Waals surface area contributed by atoms with Gasteiger partial charge in [0.15, 0.2) is 0 Å². The second-order valence-corrected chi connectivity index (χ2v) is 9.32. The predicted octanol–water partition coefficient (Wildman–Crippen LogP) is 3.97. The number of para-hydroxylation sites is 1. The van der Waals surface area contributed by atoms with Gasteiger partial charge in [-0.15, -0.1) is 0 Å². The van der Waals surface area contributed by atoms with Gasteiger partial charge in [-0.2, -0.15) is 0 Å². The molecule has 37 heavy (non-hydrogen) atoms. The molecule has 0 atom stereocenters. The van der Waals surface area contributed by atoms with Crippen LogP contribution in [0.5, 0.6) is 0 Å². The number of carbonyl (C=O) groups is 2. The van der Waals surface area contributed by atoms with Crippen molar-refractivity contribution in [2.75, 3.05) is 48.8 Å². The van der Waals surface area contributed by atoms with Crippen molar-refractivity contribution in [3.8, 4) is 0 Å². The number of aromatic nitrogens is 2. The van der Waals surface area contributed by atoms with Crippen molar-refractivity contribution >= 4 is 34.6 Å². The zero-order valence-corrected chi connectivity index (χ0v) is 21.1. The third kappa shape index (κ3) is 5.73. The molecule has 0 saturated carbocycles. The Bertz CT molecular complexity index is 1410. The highest BCUT2D eigenvalue weighted by Gasteiger charge is 2.17. The summed E-state index contributed by atoms with van der Waals surface area (Å²) in [6.07, 6.45) is 3.51. The Hall–Kier alpha value is -4.37. The maximum absolute atomic E-state index is 13.2. The van der Waals surface area contributed by atoms with E-state index in [4.69, 9.17) is 0 Å². The Morgan fingerprint density at radius 3 is 2.51 bits per heavy atom. The minimum Gasteiger partial charge on any atom is -0.369 e. The van der Waals surface area contributed by atoms with Crippen LogP contribution in [0.25, 0.3) is 5.65 Å². The normalized spacial score (nSPS) is 13.9. The number of hydrogen-bond acceptors (Lipinski definition) is 5. The van der Waals surface area contributed by atoms with E-state index >= 15 is 0 Å². The van der Waals surface area contributed by atoms with E-state index in [9.17, 15) is 9.59 Å². The van der Waals surface area contributed by atoms with Crippen LogP contribution in [0.15, 0.2) is 73.1 Å². The minimum atomic E-state index is -0.293. The number of urea groups is 1. The second-order valence-electron chi connectivity index (χ2n) is 9.32. The summed E-state index contributed by atoms with van der Waals surface area (Å²) in [7, 11) is 2.14. The first-order valence-electron chi connectivity index (χ1n) is 12.4. The smallest absolute Gasteiger partial charge is 0.319 e. The molecular weight excluding hydrogens is 466 g/mol. The lowest BCUT2D eigenvalue weighted by Crippen LogP contribution is -2.44. The summed E-state index contributed by atoms with van der Waals surface area (Å²) < 4.78 is 1.81. The van der Waals surface area contributed by atoms with E-state index < -0.39 is 0 Å². The van der Waals surface area contributed by atoms with E-state index in [2.05, 4.69) is 37.8 Å². The number of fused-ring (bicyclic) bond motifs is 1. The fourth-order valence-electron chi connectivity index (χ4n) is 4.38. The highest BCUT2D eigenvalue weighted by atomic mass is 16.2. The maximum atomic E-state index is 13.2. The maximum Gasteiger partial charge on any atom is 0.319 e. The molecule has 190 valence electrons. The molecule has 0 radical (unpaired) electrons. The minimum absolute atomic E-state index is 0.241. The number of benzene rings is 2. The number of nitrogens with zero attached hydrogens (tertiary/aromatic N) is 4. The molecule has 1 saturated heterocycles. The molecule has 0 bridgehead atoms. The number of imidazole rings is 1. The Morgan fingerprint density at radius 2 is 1.73 bits per heavy atom. The summed E-state index contributed by atoms with van der Waals surface area (Å²) in [5.74, 6) is -0.241. The van der Waals surface area contributed by atoms with Gasteiger partial charge >= 0.3 is 6.03 Å². The molecule has 5 rings (SSSR count). The van der Waals surface area contributed by atoms with Crippen LogP contribution >= 0.6 is 0 Å². The molecule has 9 heteroatoms. The molecule has 1 fully saturated rings. The molecule has 2 aromatic carbocycles. The molecular formula is C28H31N7O2. The quantitative estimate of drug-likeness (QED) is 0.375. The van der Waals surface area contributed by atoms with Crippen LogP contribution in [0.1, 0.15) is 21.6 Å². The molecule has 3 N–H and O–H groups in total. The summed E-state index contributed by atoms with van der Waals surface area (Å²) in [4.78, 5) is 34.6. The van der Waals surface area contributed by atoms with Crippen molar-refractivity contribution in [3.63, 3.8) is 0 Å². The summed E-state index contributed by atoms with van der Waals surface area (Å²) in [6, 6.07) is 18.8. The molecule has 9 nitrogen and oxygen atoms in total. The lowest BCUT2D eigenvalue weighted by molar-refractivity contribution is 0.102. The third-order valence-corrected chi connectivity index (χ3v) is 6.63. The second kappa shape index (κ2) is 10.7. The third-order valence-electron chi connectivity index (χ3n) is 6.63. The van der Waals surface area contributed by atoms with Gasteiger partial charge in [0.25, 0.3) is 5.91 Å². The monoisotopic (exact) mass is 497 g/mol.